The lowest BCUT2D eigenvalue weighted by molar-refractivity contribution is 0.666. The van der Waals surface area contributed by atoms with E-state index in [1.165, 1.54) is 27.1 Å². The molecule has 214 valence electrons. The van der Waals surface area contributed by atoms with E-state index in [2.05, 4.69) is 137 Å². The van der Waals surface area contributed by atoms with Gasteiger partial charge >= 0.3 is 0 Å². The third-order valence-corrected chi connectivity index (χ3v) is 9.72. The molecule has 0 unspecified atom stereocenters. The summed E-state index contributed by atoms with van der Waals surface area (Å²) in [5.74, 6) is 0. The largest absolute Gasteiger partial charge is 0.456 e. The quantitative estimate of drug-likeness (QED) is 0.201. The summed E-state index contributed by atoms with van der Waals surface area (Å²) >= 11 is 0. The summed E-state index contributed by atoms with van der Waals surface area (Å²) in [7, 11) is 0. The number of furan rings is 2. The highest BCUT2D eigenvalue weighted by Crippen LogP contribution is 2.45. The van der Waals surface area contributed by atoms with Crippen molar-refractivity contribution in [1.82, 2.24) is 9.13 Å². The first-order chi connectivity index (χ1) is 22.8. The van der Waals surface area contributed by atoms with E-state index in [0.29, 0.717) is 0 Å². The zero-order valence-electron chi connectivity index (χ0n) is 24.6. The van der Waals surface area contributed by atoms with E-state index in [4.69, 9.17) is 8.83 Å². The number of hydrogen-bond acceptors (Lipinski definition) is 2. The Kier molecular flexibility index (Phi) is 4.55. The summed E-state index contributed by atoms with van der Waals surface area (Å²) < 4.78 is 17.8. The van der Waals surface area contributed by atoms with Gasteiger partial charge in [0.25, 0.3) is 0 Å². The molecule has 4 heterocycles. The van der Waals surface area contributed by atoms with Crippen LogP contribution >= 0.6 is 0 Å². The monoisotopic (exact) mass is 588 g/mol. The minimum absolute atomic E-state index is 0.886. The molecule has 46 heavy (non-hydrogen) atoms. The highest BCUT2D eigenvalue weighted by Gasteiger charge is 2.24. The van der Waals surface area contributed by atoms with Crippen molar-refractivity contribution in [3.8, 4) is 11.4 Å². The van der Waals surface area contributed by atoms with Crippen molar-refractivity contribution in [2.75, 3.05) is 0 Å². The van der Waals surface area contributed by atoms with Crippen LogP contribution in [0.4, 0.5) is 0 Å². The van der Waals surface area contributed by atoms with Crippen LogP contribution in [0, 0.1) is 0 Å². The van der Waals surface area contributed by atoms with Gasteiger partial charge in [-0.15, -0.1) is 0 Å². The molecule has 0 saturated carbocycles. The second-order valence-corrected chi connectivity index (χ2v) is 12.1. The molecule has 0 saturated heterocycles. The van der Waals surface area contributed by atoms with E-state index in [0.717, 1.165) is 71.8 Å². The van der Waals surface area contributed by atoms with Gasteiger partial charge in [0.05, 0.1) is 38.8 Å². The standard InChI is InChI=1S/C42H24N2O2/c1-5-16-31-25(11-1)27-23-24-34-40(41(27)44(31)35-19-9-15-28-26-12-3-7-20-36(26)46-42(28)35)29-13-2-6-17-32(29)43(34)33-18-10-22-38-39(33)30-14-4-8-21-37(30)45-38/h1-24H. The number of hydrogen-bond donors (Lipinski definition) is 0. The molecule has 0 fully saturated rings. The molecular weight excluding hydrogens is 564 g/mol. The van der Waals surface area contributed by atoms with Gasteiger partial charge in [-0.2, -0.15) is 0 Å². The first kappa shape index (κ1) is 24.1. The molecule has 0 amide bonds. The third kappa shape index (κ3) is 2.98. The Morgan fingerprint density at radius 3 is 1.78 bits per heavy atom. The molecule has 0 aliphatic carbocycles. The molecular formula is C42H24N2O2. The smallest absolute Gasteiger partial charge is 0.159 e. The predicted molar refractivity (Wildman–Crippen MR) is 190 cm³/mol. The van der Waals surface area contributed by atoms with Crippen LogP contribution in [0.25, 0.3) is 98.9 Å². The van der Waals surface area contributed by atoms with E-state index in [1.54, 1.807) is 0 Å². The van der Waals surface area contributed by atoms with Crippen LogP contribution < -0.4 is 0 Å². The van der Waals surface area contributed by atoms with Crippen LogP contribution in [0.1, 0.15) is 0 Å². The fraction of sp³-hybridized carbons (Fsp3) is 0. The van der Waals surface area contributed by atoms with Gasteiger partial charge in [-0.3, -0.25) is 0 Å². The summed E-state index contributed by atoms with van der Waals surface area (Å²) in [5, 5.41) is 9.32. The molecule has 0 bridgehead atoms. The third-order valence-electron chi connectivity index (χ3n) is 9.72. The number of fused-ring (bicyclic) bond motifs is 13. The van der Waals surface area contributed by atoms with Crippen molar-refractivity contribution in [3.05, 3.63) is 146 Å². The van der Waals surface area contributed by atoms with E-state index in [-0.39, 0.29) is 0 Å². The molecule has 0 aliphatic heterocycles. The maximum Gasteiger partial charge on any atom is 0.159 e. The first-order valence-corrected chi connectivity index (χ1v) is 15.6. The Hall–Kier alpha value is -6.26. The topological polar surface area (TPSA) is 36.1 Å². The predicted octanol–water partition coefficient (Wildman–Crippen LogP) is 11.7. The van der Waals surface area contributed by atoms with Crippen molar-refractivity contribution < 1.29 is 8.83 Å². The van der Waals surface area contributed by atoms with Crippen LogP contribution in [0.15, 0.2) is 154 Å². The molecule has 4 nitrogen and oxygen atoms in total. The SMILES string of the molecule is c1ccc2c(c1)oc1c(-n3c4ccccc4c4ccc5c(c6ccccc6n5-c5cccc6oc7ccccc7c56)c43)cccc12. The maximum atomic E-state index is 6.62. The number of para-hydroxylation sites is 5. The zero-order valence-corrected chi connectivity index (χ0v) is 24.6. The van der Waals surface area contributed by atoms with Gasteiger partial charge in [-0.05, 0) is 48.5 Å². The van der Waals surface area contributed by atoms with Crippen molar-refractivity contribution in [3.63, 3.8) is 0 Å². The zero-order chi connectivity index (χ0) is 29.9. The van der Waals surface area contributed by atoms with Gasteiger partial charge in [0.2, 0.25) is 0 Å². The fourth-order valence-electron chi connectivity index (χ4n) is 7.87. The minimum Gasteiger partial charge on any atom is -0.456 e. The van der Waals surface area contributed by atoms with E-state index in [1.807, 2.05) is 18.2 Å². The molecule has 0 radical (unpaired) electrons. The van der Waals surface area contributed by atoms with Crippen LogP contribution in [-0.4, -0.2) is 9.13 Å². The summed E-state index contributed by atoms with van der Waals surface area (Å²) in [6, 6.07) is 51.5. The molecule has 0 N–H and O–H groups in total. The average Bonchev–Trinajstić information content (AvgIpc) is 3.85. The number of rotatable bonds is 2. The van der Waals surface area contributed by atoms with Gasteiger partial charge < -0.3 is 18.0 Å². The van der Waals surface area contributed by atoms with E-state index >= 15 is 0 Å². The Balaban J connectivity index is 1.36. The molecule has 0 spiro atoms. The number of nitrogens with zero attached hydrogens (tertiary/aromatic N) is 2. The normalized spacial score (nSPS) is 12.3. The summed E-state index contributed by atoms with van der Waals surface area (Å²) in [6.45, 7) is 0. The minimum atomic E-state index is 0.886. The fourth-order valence-corrected chi connectivity index (χ4v) is 7.87. The van der Waals surface area contributed by atoms with Gasteiger partial charge in [0.1, 0.15) is 16.7 Å². The lowest BCUT2D eigenvalue weighted by atomic mass is 10.1. The maximum absolute atomic E-state index is 6.62. The van der Waals surface area contributed by atoms with Gasteiger partial charge in [0.15, 0.2) is 5.58 Å². The molecule has 11 aromatic rings. The highest BCUT2D eigenvalue weighted by molar-refractivity contribution is 6.27. The molecule has 4 aromatic heterocycles. The van der Waals surface area contributed by atoms with E-state index in [9.17, 15) is 0 Å². The second-order valence-electron chi connectivity index (χ2n) is 12.1. The van der Waals surface area contributed by atoms with Crippen LogP contribution in [0.5, 0.6) is 0 Å². The Morgan fingerprint density at radius 1 is 0.326 bits per heavy atom. The summed E-state index contributed by atoms with van der Waals surface area (Å²) in [5.41, 5.74) is 10.3. The lowest BCUT2D eigenvalue weighted by Crippen LogP contribution is -1.96. The van der Waals surface area contributed by atoms with Crippen molar-refractivity contribution >= 4 is 87.5 Å². The van der Waals surface area contributed by atoms with Crippen LogP contribution in [-0.2, 0) is 0 Å². The summed E-state index contributed by atoms with van der Waals surface area (Å²) in [6.07, 6.45) is 0. The molecule has 0 atom stereocenters. The lowest BCUT2D eigenvalue weighted by Gasteiger charge is -2.11. The Bertz CT molecular complexity index is 3040. The van der Waals surface area contributed by atoms with Gasteiger partial charge in [-0.1, -0.05) is 97.1 Å². The average molecular weight is 589 g/mol. The molecule has 11 rings (SSSR count). The van der Waals surface area contributed by atoms with Crippen LogP contribution in [0.2, 0.25) is 0 Å². The van der Waals surface area contributed by atoms with Crippen molar-refractivity contribution in [2.45, 2.75) is 0 Å². The second kappa shape index (κ2) is 8.68. The van der Waals surface area contributed by atoms with Crippen molar-refractivity contribution in [2.24, 2.45) is 0 Å². The molecule has 0 aliphatic rings. The molecule has 4 heteroatoms. The summed E-state index contributed by atoms with van der Waals surface area (Å²) in [4.78, 5) is 0. The van der Waals surface area contributed by atoms with E-state index < -0.39 is 0 Å². The number of aromatic nitrogens is 2. The van der Waals surface area contributed by atoms with Gasteiger partial charge in [-0.25, -0.2) is 0 Å². The Labute approximate surface area is 261 Å². The highest BCUT2D eigenvalue weighted by atomic mass is 16.3. The van der Waals surface area contributed by atoms with Crippen LogP contribution in [0.3, 0.4) is 0 Å². The Morgan fingerprint density at radius 2 is 0.935 bits per heavy atom. The van der Waals surface area contributed by atoms with Gasteiger partial charge in [0, 0.05) is 37.7 Å². The van der Waals surface area contributed by atoms with Crippen molar-refractivity contribution in [1.29, 1.82) is 0 Å². The number of benzene rings is 7. The molecule has 7 aromatic carbocycles. The first-order valence-electron chi connectivity index (χ1n) is 15.6.